The maximum atomic E-state index is 10.1. The first-order valence-corrected chi connectivity index (χ1v) is 6.15. The first-order chi connectivity index (χ1) is 10.2. The van der Waals surface area contributed by atoms with Crippen molar-refractivity contribution in [2.24, 2.45) is 5.41 Å². The van der Waals surface area contributed by atoms with Crippen LogP contribution in [0.15, 0.2) is 0 Å². The fourth-order valence-electron chi connectivity index (χ4n) is 0.968. The lowest BCUT2D eigenvalue weighted by molar-refractivity contribution is -0.164. The molecule has 0 saturated carbocycles. The average Bonchev–Trinajstić information content (AvgIpc) is 2.55. The average molecular weight is 332 g/mol. The highest BCUT2D eigenvalue weighted by Gasteiger charge is 2.33. The van der Waals surface area contributed by atoms with Gasteiger partial charge >= 0.3 is 5.97 Å². The van der Waals surface area contributed by atoms with E-state index in [1.54, 1.807) is 0 Å². The Morgan fingerprint density at radius 2 is 1.14 bits per heavy atom. The van der Waals surface area contributed by atoms with E-state index < -0.39 is 68.8 Å². The van der Waals surface area contributed by atoms with Gasteiger partial charge in [-0.3, -0.25) is 0 Å². The van der Waals surface area contributed by atoms with Gasteiger partial charge in [-0.15, -0.1) is 0 Å². The maximum absolute atomic E-state index is 10.1. The Hall–Kier alpha value is -0.890. The van der Waals surface area contributed by atoms with Crippen molar-refractivity contribution in [3.63, 3.8) is 0 Å². The summed E-state index contributed by atoms with van der Waals surface area (Å²) in [5.74, 6) is -1.73. The molecule has 0 aliphatic heterocycles. The highest BCUT2D eigenvalue weighted by Crippen LogP contribution is 2.11. The SMILES string of the molecule is O=C(O)[C@H](O)[C@@H](O)[C@H](O)[C@H](O)CO.OCC(CO)(CO)CO. The number of carboxylic acids is 1. The molecule has 134 valence electrons. The van der Waals surface area contributed by atoms with Gasteiger partial charge in [0, 0.05) is 0 Å². The Morgan fingerprint density at radius 3 is 1.32 bits per heavy atom. The van der Waals surface area contributed by atoms with E-state index in [-0.39, 0.29) is 0 Å². The number of aliphatic hydroxyl groups is 9. The van der Waals surface area contributed by atoms with Crippen LogP contribution < -0.4 is 0 Å². The van der Waals surface area contributed by atoms with Crippen molar-refractivity contribution < 1.29 is 55.9 Å². The summed E-state index contributed by atoms with van der Waals surface area (Å²) in [5.41, 5.74) is -1.11. The van der Waals surface area contributed by atoms with Crippen molar-refractivity contribution in [1.82, 2.24) is 0 Å². The Kier molecular flexibility index (Phi) is 12.4. The predicted octanol–water partition coefficient (Wildman–Crippen LogP) is -5.55. The van der Waals surface area contributed by atoms with E-state index in [0.29, 0.717) is 0 Å². The molecule has 10 N–H and O–H groups in total. The van der Waals surface area contributed by atoms with Gasteiger partial charge in [-0.05, 0) is 0 Å². The van der Waals surface area contributed by atoms with Crippen molar-refractivity contribution in [2.75, 3.05) is 33.0 Å². The second-order valence-electron chi connectivity index (χ2n) is 4.65. The van der Waals surface area contributed by atoms with Crippen LogP contribution in [0.4, 0.5) is 0 Å². The summed E-state index contributed by atoms with van der Waals surface area (Å²) >= 11 is 0. The first kappa shape index (κ1) is 23.4. The third kappa shape index (κ3) is 7.40. The van der Waals surface area contributed by atoms with Crippen molar-refractivity contribution in [1.29, 1.82) is 0 Å². The molecule has 0 radical (unpaired) electrons. The van der Waals surface area contributed by atoms with Gasteiger partial charge in [0.25, 0.3) is 0 Å². The van der Waals surface area contributed by atoms with Crippen molar-refractivity contribution >= 4 is 5.97 Å². The normalized spacial score (nSPS) is 17.0. The predicted molar refractivity (Wildman–Crippen MR) is 69.5 cm³/mol. The molecule has 0 bridgehead atoms. The topological polar surface area (TPSA) is 219 Å². The zero-order valence-corrected chi connectivity index (χ0v) is 11.7. The van der Waals surface area contributed by atoms with Crippen molar-refractivity contribution in [3.05, 3.63) is 0 Å². The van der Waals surface area contributed by atoms with E-state index in [0.717, 1.165) is 0 Å². The number of aliphatic hydroxyl groups excluding tert-OH is 9. The molecule has 4 atom stereocenters. The van der Waals surface area contributed by atoms with Crippen LogP contribution in [-0.2, 0) is 4.79 Å². The molecular formula is C11H24O11. The van der Waals surface area contributed by atoms with Gasteiger partial charge in [0.1, 0.15) is 18.3 Å². The lowest BCUT2D eigenvalue weighted by Crippen LogP contribution is -2.48. The van der Waals surface area contributed by atoms with Gasteiger partial charge in [-0.2, -0.15) is 0 Å². The van der Waals surface area contributed by atoms with Crippen LogP contribution in [-0.4, -0.2) is 114 Å². The van der Waals surface area contributed by atoms with Crippen LogP contribution in [0, 0.1) is 5.41 Å². The second kappa shape index (κ2) is 11.6. The standard InChI is InChI=1S/C6H12O7.C5H12O4/c7-1-2(8)3(9)4(10)5(11)6(12)13;6-1-5(2-7,3-8)4-9/h2-5,7-11H,1H2,(H,12,13);6-9H,1-4H2/t2-,3-,4+,5-;/m1./s1. The second-order valence-corrected chi connectivity index (χ2v) is 4.65. The summed E-state index contributed by atoms with van der Waals surface area (Å²) in [6, 6.07) is 0. The van der Waals surface area contributed by atoms with Crippen LogP contribution in [0.1, 0.15) is 0 Å². The summed E-state index contributed by atoms with van der Waals surface area (Å²) in [5, 5.41) is 85.8. The molecule has 22 heavy (non-hydrogen) atoms. The highest BCUT2D eigenvalue weighted by atomic mass is 16.4. The Balaban J connectivity index is 0. The first-order valence-electron chi connectivity index (χ1n) is 6.15. The minimum absolute atomic E-state index is 0.406. The van der Waals surface area contributed by atoms with Gasteiger partial charge in [0.05, 0.1) is 38.4 Å². The molecule has 0 unspecified atom stereocenters. The smallest absolute Gasteiger partial charge is 0.335 e. The monoisotopic (exact) mass is 332 g/mol. The number of hydrogen-bond acceptors (Lipinski definition) is 10. The van der Waals surface area contributed by atoms with E-state index in [1.807, 2.05) is 0 Å². The molecule has 0 aromatic carbocycles. The van der Waals surface area contributed by atoms with Gasteiger partial charge in [-0.1, -0.05) is 0 Å². The third-order valence-electron chi connectivity index (χ3n) is 2.85. The van der Waals surface area contributed by atoms with Crippen LogP contribution in [0.5, 0.6) is 0 Å². The molecule has 0 aromatic heterocycles. The molecule has 0 aliphatic rings. The molecule has 0 aromatic rings. The fraction of sp³-hybridized carbons (Fsp3) is 0.909. The van der Waals surface area contributed by atoms with Crippen molar-refractivity contribution in [2.45, 2.75) is 24.4 Å². The van der Waals surface area contributed by atoms with E-state index in [4.69, 9.17) is 51.1 Å². The maximum Gasteiger partial charge on any atom is 0.335 e. The molecule has 0 heterocycles. The molecule has 0 saturated heterocycles. The molecular weight excluding hydrogens is 308 g/mol. The number of carboxylic acid groups (broad SMARTS) is 1. The summed E-state index contributed by atoms with van der Waals surface area (Å²) < 4.78 is 0. The molecule has 11 nitrogen and oxygen atoms in total. The molecule has 0 spiro atoms. The minimum Gasteiger partial charge on any atom is -0.479 e. The molecule has 0 rings (SSSR count). The van der Waals surface area contributed by atoms with E-state index in [9.17, 15) is 4.79 Å². The minimum atomic E-state index is -2.20. The number of rotatable bonds is 9. The van der Waals surface area contributed by atoms with E-state index >= 15 is 0 Å². The summed E-state index contributed by atoms with van der Waals surface area (Å²) in [6.07, 6.45) is -7.84. The lowest BCUT2D eigenvalue weighted by Gasteiger charge is -2.23. The zero-order chi connectivity index (χ0) is 17.9. The van der Waals surface area contributed by atoms with Crippen LogP contribution >= 0.6 is 0 Å². The number of hydrogen-bond donors (Lipinski definition) is 10. The fourth-order valence-corrected chi connectivity index (χ4v) is 0.968. The largest absolute Gasteiger partial charge is 0.479 e. The van der Waals surface area contributed by atoms with Gasteiger partial charge in [0.2, 0.25) is 0 Å². The molecule has 11 heteroatoms. The summed E-state index contributed by atoms with van der Waals surface area (Å²) in [6.45, 7) is -2.47. The Morgan fingerprint density at radius 1 is 0.773 bits per heavy atom. The van der Waals surface area contributed by atoms with Gasteiger partial charge in [0.15, 0.2) is 6.10 Å². The summed E-state index contributed by atoms with van der Waals surface area (Å²) in [4.78, 5) is 10.1. The van der Waals surface area contributed by atoms with Crippen LogP contribution in [0.3, 0.4) is 0 Å². The molecule has 0 amide bonds. The van der Waals surface area contributed by atoms with Crippen LogP contribution in [0.2, 0.25) is 0 Å². The van der Waals surface area contributed by atoms with Gasteiger partial charge in [-0.25, -0.2) is 4.79 Å². The number of carbonyl (C=O) groups is 1. The van der Waals surface area contributed by atoms with E-state index in [1.165, 1.54) is 0 Å². The summed E-state index contributed by atoms with van der Waals surface area (Å²) in [7, 11) is 0. The zero-order valence-electron chi connectivity index (χ0n) is 11.7. The highest BCUT2D eigenvalue weighted by molar-refractivity contribution is 5.72. The Labute approximate surface area is 125 Å². The lowest BCUT2D eigenvalue weighted by atomic mass is 9.93. The van der Waals surface area contributed by atoms with Crippen LogP contribution in [0.25, 0.3) is 0 Å². The van der Waals surface area contributed by atoms with Crippen molar-refractivity contribution in [3.8, 4) is 0 Å². The number of aliphatic carboxylic acids is 1. The quantitative estimate of drug-likeness (QED) is 0.192. The molecule has 0 fully saturated rings. The third-order valence-corrected chi connectivity index (χ3v) is 2.85. The Bertz CT molecular complexity index is 276. The van der Waals surface area contributed by atoms with E-state index in [2.05, 4.69) is 0 Å². The van der Waals surface area contributed by atoms with Gasteiger partial charge < -0.3 is 51.1 Å². The molecule has 0 aliphatic carbocycles.